The van der Waals surface area contributed by atoms with Crippen molar-refractivity contribution >= 4 is 29.1 Å². The first kappa shape index (κ1) is 14.8. The van der Waals surface area contributed by atoms with Crippen molar-refractivity contribution in [3.63, 3.8) is 0 Å². The van der Waals surface area contributed by atoms with Gasteiger partial charge in [0.15, 0.2) is 0 Å². The molecule has 4 nitrogen and oxygen atoms in total. The third kappa shape index (κ3) is 3.30. The quantitative estimate of drug-likeness (QED) is 0.847. The molecule has 1 aliphatic carbocycles. The lowest BCUT2D eigenvalue weighted by atomic mass is 9.98. The van der Waals surface area contributed by atoms with Gasteiger partial charge in [-0.05, 0) is 40.2 Å². The third-order valence-electron chi connectivity index (χ3n) is 3.48. The van der Waals surface area contributed by atoms with E-state index in [1.807, 2.05) is 20.9 Å². The van der Waals surface area contributed by atoms with Crippen LogP contribution in [0.1, 0.15) is 31.9 Å². The van der Waals surface area contributed by atoms with Gasteiger partial charge in [0.25, 0.3) is 0 Å². The van der Waals surface area contributed by atoms with Crippen molar-refractivity contribution in [3.8, 4) is 0 Å². The van der Waals surface area contributed by atoms with Gasteiger partial charge in [0.2, 0.25) is 0 Å². The number of hydrogen-bond donors (Lipinski definition) is 1. The molecule has 1 heterocycles. The first-order chi connectivity index (χ1) is 9.09. The smallest absolute Gasteiger partial charge is 0.326 e. The van der Waals surface area contributed by atoms with Crippen LogP contribution in [0.2, 0.25) is 0 Å². The standard InChI is InChI=1S/C13H20N2O2S2/c1-4-17-11(16)13(14-3)6-5-10(7-13)19-12-15-9(2)8-18-12/h8,10,14H,4-7H2,1-3H3. The predicted octanol–water partition coefficient (Wildman–Crippen LogP) is 2.62. The zero-order chi connectivity index (χ0) is 13.9. The van der Waals surface area contributed by atoms with Gasteiger partial charge in [0, 0.05) is 16.3 Å². The van der Waals surface area contributed by atoms with Gasteiger partial charge in [-0.2, -0.15) is 0 Å². The normalized spacial score (nSPS) is 26.6. The number of thiazole rings is 1. The Morgan fingerprint density at radius 2 is 2.53 bits per heavy atom. The van der Waals surface area contributed by atoms with Crippen molar-refractivity contribution in [2.45, 2.75) is 48.2 Å². The van der Waals surface area contributed by atoms with Crippen LogP contribution in [-0.2, 0) is 9.53 Å². The molecule has 2 atom stereocenters. The summed E-state index contributed by atoms with van der Waals surface area (Å²) in [6.07, 6.45) is 2.67. The van der Waals surface area contributed by atoms with Crippen LogP contribution in [-0.4, -0.2) is 35.4 Å². The lowest BCUT2D eigenvalue weighted by Crippen LogP contribution is -2.49. The van der Waals surface area contributed by atoms with E-state index in [1.54, 1.807) is 23.1 Å². The molecular formula is C13H20N2O2S2. The molecule has 1 aromatic heterocycles. The van der Waals surface area contributed by atoms with E-state index in [9.17, 15) is 4.79 Å². The Hall–Kier alpha value is -0.590. The number of aryl methyl sites for hydroxylation is 1. The van der Waals surface area contributed by atoms with Crippen LogP contribution in [0.25, 0.3) is 0 Å². The highest BCUT2D eigenvalue weighted by atomic mass is 32.2. The maximum atomic E-state index is 12.1. The average molecular weight is 300 g/mol. The number of ether oxygens (including phenoxy) is 1. The maximum absolute atomic E-state index is 12.1. The summed E-state index contributed by atoms with van der Waals surface area (Å²) < 4.78 is 6.29. The fraction of sp³-hybridized carbons (Fsp3) is 0.692. The monoisotopic (exact) mass is 300 g/mol. The van der Waals surface area contributed by atoms with E-state index in [0.717, 1.165) is 29.3 Å². The number of nitrogens with one attached hydrogen (secondary N) is 1. The van der Waals surface area contributed by atoms with Gasteiger partial charge >= 0.3 is 5.97 Å². The van der Waals surface area contributed by atoms with Gasteiger partial charge in [-0.15, -0.1) is 11.3 Å². The molecule has 1 aliphatic rings. The zero-order valence-electron chi connectivity index (χ0n) is 11.6. The minimum Gasteiger partial charge on any atom is -0.465 e. The second kappa shape index (κ2) is 6.24. The summed E-state index contributed by atoms with van der Waals surface area (Å²) in [5, 5.41) is 5.67. The van der Waals surface area contributed by atoms with Gasteiger partial charge in [-0.1, -0.05) is 11.8 Å². The lowest BCUT2D eigenvalue weighted by molar-refractivity contribution is -0.150. The molecule has 1 saturated carbocycles. The Morgan fingerprint density at radius 1 is 1.74 bits per heavy atom. The number of nitrogens with zero attached hydrogens (tertiary/aromatic N) is 1. The topological polar surface area (TPSA) is 51.2 Å². The fourth-order valence-corrected chi connectivity index (χ4v) is 4.79. The summed E-state index contributed by atoms with van der Waals surface area (Å²) in [5.74, 6) is -0.115. The van der Waals surface area contributed by atoms with Gasteiger partial charge < -0.3 is 10.1 Å². The van der Waals surface area contributed by atoms with Crippen LogP contribution < -0.4 is 5.32 Å². The molecule has 1 aromatic rings. The molecule has 0 aliphatic heterocycles. The average Bonchev–Trinajstić information content (AvgIpc) is 2.98. The first-order valence-electron chi connectivity index (χ1n) is 6.54. The number of aromatic nitrogens is 1. The second-order valence-corrected chi connectivity index (χ2v) is 7.20. The Labute approximate surface area is 122 Å². The van der Waals surface area contributed by atoms with E-state index >= 15 is 0 Å². The number of thioether (sulfide) groups is 1. The molecule has 0 bridgehead atoms. The summed E-state index contributed by atoms with van der Waals surface area (Å²) in [7, 11) is 1.84. The van der Waals surface area contributed by atoms with Gasteiger partial charge in [0.1, 0.15) is 9.88 Å². The molecule has 0 radical (unpaired) electrons. The van der Waals surface area contributed by atoms with Crippen molar-refractivity contribution in [1.29, 1.82) is 0 Å². The van der Waals surface area contributed by atoms with Crippen molar-refractivity contribution in [1.82, 2.24) is 10.3 Å². The minimum absolute atomic E-state index is 0.115. The van der Waals surface area contributed by atoms with Crippen LogP contribution in [0.5, 0.6) is 0 Å². The first-order valence-corrected chi connectivity index (χ1v) is 8.30. The molecular weight excluding hydrogens is 280 g/mol. The number of esters is 1. The number of likely N-dealkylation sites (N-methyl/N-ethyl adjacent to an activating group) is 1. The van der Waals surface area contributed by atoms with Crippen LogP contribution in [0.4, 0.5) is 0 Å². The van der Waals surface area contributed by atoms with Crippen LogP contribution >= 0.6 is 23.1 Å². The molecule has 2 rings (SSSR count). The van der Waals surface area contributed by atoms with Crippen molar-refractivity contribution in [3.05, 3.63) is 11.1 Å². The molecule has 0 aromatic carbocycles. The van der Waals surface area contributed by atoms with E-state index in [0.29, 0.717) is 11.9 Å². The van der Waals surface area contributed by atoms with Crippen molar-refractivity contribution < 1.29 is 9.53 Å². The Morgan fingerprint density at radius 3 is 3.11 bits per heavy atom. The largest absolute Gasteiger partial charge is 0.465 e. The van der Waals surface area contributed by atoms with E-state index < -0.39 is 5.54 Å². The van der Waals surface area contributed by atoms with Crippen molar-refractivity contribution in [2.24, 2.45) is 0 Å². The highest BCUT2D eigenvalue weighted by Crippen LogP contribution is 2.41. The van der Waals surface area contributed by atoms with Crippen molar-refractivity contribution in [2.75, 3.05) is 13.7 Å². The molecule has 6 heteroatoms. The SMILES string of the molecule is CCOC(=O)C1(NC)CCC(Sc2nc(C)cs2)C1. The summed E-state index contributed by atoms with van der Waals surface area (Å²) in [4.78, 5) is 16.6. The van der Waals surface area contributed by atoms with E-state index in [1.165, 1.54) is 0 Å². The van der Waals surface area contributed by atoms with E-state index in [-0.39, 0.29) is 5.97 Å². The molecule has 19 heavy (non-hydrogen) atoms. The second-order valence-electron chi connectivity index (χ2n) is 4.79. The zero-order valence-corrected chi connectivity index (χ0v) is 13.2. The summed E-state index contributed by atoms with van der Waals surface area (Å²) in [6, 6.07) is 0. The van der Waals surface area contributed by atoms with E-state index in [2.05, 4.69) is 15.7 Å². The summed E-state index contributed by atoms with van der Waals surface area (Å²) >= 11 is 3.46. The predicted molar refractivity (Wildman–Crippen MR) is 78.8 cm³/mol. The number of carbonyl (C=O) groups excluding carboxylic acids is 1. The van der Waals surface area contributed by atoms with Crippen LogP contribution in [0.3, 0.4) is 0 Å². The van der Waals surface area contributed by atoms with E-state index in [4.69, 9.17) is 4.74 Å². The summed E-state index contributed by atoms with van der Waals surface area (Å²) in [5.41, 5.74) is 0.566. The molecule has 2 unspecified atom stereocenters. The Kier molecular flexibility index (Phi) is 4.86. The number of rotatable bonds is 5. The maximum Gasteiger partial charge on any atom is 0.326 e. The molecule has 0 amide bonds. The molecule has 1 fully saturated rings. The van der Waals surface area contributed by atoms with Gasteiger partial charge in [0.05, 0.1) is 6.61 Å². The molecule has 1 N–H and O–H groups in total. The van der Waals surface area contributed by atoms with Crippen LogP contribution in [0, 0.1) is 6.92 Å². The molecule has 0 spiro atoms. The third-order valence-corrected chi connectivity index (χ3v) is 5.84. The lowest BCUT2D eigenvalue weighted by Gasteiger charge is -2.26. The minimum atomic E-state index is -0.500. The number of hydrogen-bond acceptors (Lipinski definition) is 6. The van der Waals surface area contributed by atoms with Gasteiger partial charge in [-0.25, -0.2) is 4.98 Å². The fourth-order valence-electron chi connectivity index (χ4n) is 2.41. The number of carbonyl (C=O) groups is 1. The highest BCUT2D eigenvalue weighted by Gasteiger charge is 2.45. The molecule has 0 saturated heterocycles. The molecule has 106 valence electrons. The Bertz CT molecular complexity index is 450. The summed E-state index contributed by atoms with van der Waals surface area (Å²) in [6.45, 7) is 4.29. The highest BCUT2D eigenvalue weighted by molar-refractivity contribution is 8.01. The Balaban J connectivity index is 1.99. The van der Waals surface area contributed by atoms with Gasteiger partial charge in [-0.3, -0.25) is 4.79 Å². The van der Waals surface area contributed by atoms with Crippen LogP contribution in [0.15, 0.2) is 9.72 Å².